The van der Waals surface area contributed by atoms with Gasteiger partial charge in [0.15, 0.2) is 0 Å². The number of rotatable bonds is 1. The highest BCUT2D eigenvalue weighted by atomic mass is 32.3. The average Bonchev–Trinajstić information content (AvgIpc) is 1.99. The van der Waals surface area contributed by atoms with Crippen LogP contribution in [0.2, 0.25) is 0 Å². The van der Waals surface area contributed by atoms with Crippen molar-refractivity contribution in [1.29, 1.82) is 0 Å². The molecule has 3 unspecified atom stereocenters. The molecule has 9 heteroatoms. The van der Waals surface area contributed by atoms with Crippen LogP contribution in [0.4, 0.5) is 0 Å². The highest BCUT2D eigenvalue weighted by molar-refractivity contribution is 7.79. The second-order valence-corrected chi connectivity index (χ2v) is 4.55. The van der Waals surface area contributed by atoms with Crippen molar-refractivity contribution >= 4 is 10.4 Å². The number of hydrogen-bond acceptors (Lipinski definition) is 6. The summed E-state index contributed by atoms with van der Waals surface area (Å²) < 4.78 is 36.6. The van der Waals surface area contributed by atoms with Crippen LogP contribution < -0.4 is 5.32 Å². The van der Waals surface area contributed by atoms with Gasteiger partial charge in [-0.25, -0.2) is 0 Å². The molecule has 3 atom stereocenters. The Morgan fingerprint density at radius 1 is 1.44 bits per heavy atom. The third kappa shape index (κ3) is 6.33. The molecule has 1 aliphatic heterocycles. The van der Waals surface area contributed by atoms with Crippen LogP contribution in [0.5, 0.6) is 0 Å². The van der Waals surface area contributed by atoms with Gasteiger partial charge >= 0.3 is 10.4 Å². The second-order valence-electron chi connectivity index (χ2n) is 3.65. The van der Waals surface area contributed by atoms with Gasteiger partial charge in [0, 0.05) is 0 Å². The van der Waals surface area contributed by atoms with Crippen molar-refractivity contribution in [3.63, 3.8) is 0 Å². The van der Waals surface area contributed by atoms with Crippen LogP contribution in [0.15, 0.2) is 0 Å². The Labute approximate surface area is 93.8 Å². The van der Waals surface area contributed by atoms with E-state index in [1.54, 1.807) is 14.0 Å². The molecule has 0 aliphatic carbocycles. The Balaban J connectivity index is 0.000000385. The summed E-state index contributed by atoms with van der Waals surface area (Å²) in [5.74, 6) is 0. The molecular formula is C7H17NO7S. The number of hydrogen-bond donors (Lipinski definition) is 5. The van der Waals surface area contributed by atoms with E-state index in [0.717, 1.165) is 0 Å². The van der Waals surface area contributed by atoms with E-state index in [2.05, 4.69) is 5.32 Å². The summed E-state index contributed by atoms with van der Waals surface area (Å²) in [5.41, 5.74) is -0.966. The van der Waals surface area contributed by atoms with Crippen molar-refractivity contribution < 1.29 is 32.5 Å². The Morgan fingerprint density at radius 3 is 2.12 bits per heavy atom. The standard InChI is InChI=1S/C7H15NO3.H2O4S/c1-7(10)4-11-3-5(9)6(7)8-2;1-5(2,3)4/h5-6,8-10H,3-4H2,1-2H3;(H2,1,2,3,4). The molecule has 98 valence electrons. The first-order valence-corrected chi connectivity index (χ1v) is 5.83. The van der Waals surface area contributed by atoms with Crippen molar-refractivity contribution in [2.75, 3.05) is 20.3 Å². The maximum absolute atomic E-state index is 9.66. The van der Waals surface area contributed by atoms with Crippen LogP contribution in [0.25, 0.3) is 0 Å². The van der Waals surface area contributed by atoms with Crippen LogP contribution in [0.1, 0.15) is 6.92 Å². The summed E-state index contributed by atoms with van der Waals surface area (Å²) in [6.45, 7) is 2.22. The molecule has 0 saturated carbocycles. The molecule has 1 fully saturated rings. The SMILES string of the molecule is CNC1C(O)COCC1(C)O.O=S(=O)(O)O. The van der Waals surface area contributed by atoms with E-state index >= 15 is 0 Å². The molecule has 1 rings (SSSR count). The fourth-order valence-electron chi connectivity index (χ4n) is 1.49. The summed E-state index contributed by atoms with van der Waals surface area (Å²) in [5, 5.41) is 21.9. The van der Waals surface area contributed by atoms with Crippen LogP contribution in [-0.2, 0) is 15.1 Å². The molecule has 1 heterocycles. The van der Waals surface area contributed by atoms with Gasteiger partial charge in [0.05, 0.1) is 25.4 Å². The van der Waals surface area contributed by atoms with Crippen molar-refractivity contribution in [2.24, 2.45) is 0 Å². The molecule has 0 spiro atoms. The smallest absolute Gasteiger partial charge is 0.389 e. The Morgan fingerprint density at radius 2 is 1.88 bits per heavy atom. The van der Waals surface area contributed by atoms with Crippen LogP contribution in [-0.4, -0.2) is 65.7 Å². The van der Waals surface area contributed by atoms with Gasteiger partial charge in [-0.15, -0.1) is 0 Å². The van der Waals surface area contributed by atoms with Gasteiger partial charge in [0.25, 0.3) is 0 Å². The van der Waals surface area contributed by atoms with E-state index in [4.69, 9.17) is 22.3 Å². The van der Waals surface area contributed by atoms with Crippen molar-refractivity contribution in [3.8, 4) is 0 Å². The zero-order chi connectivity index (χ0) is 13.0. The van der Waals surface area contributed by atoms with Crippen LogP contribution >= 0.6 is 0 Å². The maximum atomic E-state index is 9.66. The third-order valence-electron chi connectivity index (χ3n) is 2.05. The zero-order valence-electron chi connectivity index (χ0n) is 8.99. The molecule has 8 nitrogen and oxygen atoms in total. The molecule has 16 heavy (non-hydrogen) atoms. The van der Waals surface area contributed by atoms with Gasteiger partial charge in [-0.05, 0) is 14.0 Å². The first-order valence-electron chi connectivity index (χ1n) is 4.43. The van der Waals surface area contributed by atoms with Gasteiger partial charge in [-0.2, -0.15) is 8.42 Å². The summed E-state index contributed by atoms with van der Waals surface area (Å²) >= 11 is 0. The molecule has 0 radical (unpaired) electrons. The van der Waals surface area contributed by atoms with Gasteiger partial charge in [0.1, 0.15) is 5.60 Å². The lowest BCUT2D eigenvalue weighted by Gasteiger charge is -2.39. The van der Waals surface area contributed by atoms with Gasteiger partial charge in [-0.1, -0.05) is 0 Å². The zero-order valence-corrected chi connectivity index (χ0v) is 9.81. The van der Waals surface area contributed by atoms with E-state index in [1.807, 2.05) is 0 Å². The lowest BCUT2D eigenvalue weighted by molar-refractivity contribution is -0.144. The number of nitrogens with one attached hydrogen (secondary N) is 1. The molecule has 0 amide bonds. The van der Waals surface area contributed by atoms with Crippen LogP contribution in [0, 0.1) is 0 Å². The average molecular weight is 259 g/mol. The third-order valence-corrected chi connectivity index (χ3v) is 2.05. The number of ether oxygens (including phenoxy) is 1. The van der Waals surface area contributed by atoms with Crippen molar-refractivity contribution in [3.05, 3.63) is 0 Å². The number of aliphatic hydroxyl groups excluding tert-OH is 1. The minimum Gasteiger partial charge on any atom is -0.389 e. The second kappa shape index (κ2) is 5.87. The molecule has 0 aromatic heterocycles. The molecule has 0 aromatic rings. The molecule has 5 N–H and O–H groups in total. The van der Waals surface area contributed by atoms with E-state index in [9.17, 15) is 10.2 Å². The van der Waals surface area contributed by atoms with E-state index in [0.29, 0.717) is 6.61 Å². The van der Waals surface area contributed by atoms with Crippen molar-refractivity contribution in [1.82, 2.24) is 5.32 Å². The first kappa shape index (κ1) is 15.7. The predicted octanol–water partition coefficient (Wildman–Crippen LogP) is -1.94. The number of aliphatic hydroxyl groups is 2. The maximum Gasteiger partial charge on any atom is 0.394 e. The van der Waals surface area contributed by atoms with Crippen molar-refractivity contribution in [2.45, 2.75) is 24.7 Å². The Bertz CT molecular complexity index is 294. The summed E-state index contributed by atoms with van der Waals surface area (Å²) in [6.07, 6.45) is -0.622. The Hall–Kier alpha value is -0.290. The van der Waals surface area contributed by atoms with E-state index in [-0.39, 0.29) is 12.6 Å². The van der Waals surface area contributed by atoms with E-state index in [1.165, 1.54) is 0 Å². The molecule has 1 aliphatic rings. The van der Waals surface area contributed by atoms with Gasteiger partial charge < -0.3 is 20.3 Å². The quantitative estimate of drug-likeness (QED) is 0.343. The van der Waals surface area contributed by atoms with Crippen LogP contribution in [0.3, 0.4) is 0 Å². The molecular weight excluding hydrogens is 242 g/mol. The fraction of sp³-hybridized carbons (Fsp3) is 1.00. The summed E-state index contributed by atoms with van der Waals surface area (Å²) in [4.78, 5) is 0. The monoisotopic (exact) mass is 259 g/mol. The highest BCUT2D eigenvalue weighted by Crippen LogP contribution is 2.18. The molecule has 0 bridgehead atoms. The lowest BCUT2D eigenvalue weighted by atomic mass is 9.91. The van der Waals surface area contributed by atoms with Gasteiger partial charge in [0.2, 0.25) is 0 Å². The summed E-state index contributed by atoms with van der Waals surface area (Å²) in [6, 6.07) is -0.295. The number of likely N-dealkylation sites (N-methyl/N-ethyl adjacent to an activating group) is 1. The van der Waals surface area contributed by atoms with Gasteiger partial charge in [-0.3, -0.25) is 9.11 Å². The predicted molar refractivity (Wildman–Crippen MR) is 54.5 cm³/mol. The highest BCUT2D eigenvalue weighted by Gasteiger charge is 2.40. The summed E-state index contributed by atoms with van der Waals surface area (Å²) in [7, 11) is -2.95. The fourth-order valence-corrected chi connectivity index (χ4v) is 1.49. The largest absolute Gasteiger partial charge is 0.394 e. The Kier molecular flexibility index (Phi) is 5.76. The lowest BCUT2D eigenvalue weighted by Crippen LogP contribution is -2.61. The minimum atomic E-state index is -4.67. The minimum absolute atomic E-state index is 0.273. The normalized spacial score (nSPS) is 35.1. The topological polar surface area (TPSA) is 136 Å². The molecule has 0 aromatic carbocycles. The molecule has 1 saturated heterocycles. The van der Waals surface area contributed by atoms with E-state index < -0.39 is 22.1 Å². The first-order chi connectivity index (χ1) is 7.08.